The lowest BCUT2D eigenvalue weighted by atomic mass is 9.99. The van der Waals surface area contributed by atoms with Crippen LogP contribution in [0.3, 0.4) is 0 Å². The minimum atomic E-state index is -5.10. The molecule has 11 heteroatoms. The highest BCUT2D eigenvalue weighted by atomic mass is 31.2. The molecule has 0 aromatic heterocycles. The smallest absolute Gasteiger partial charge is 0.387 e. The van der Waals surface area contributed by atoms with Gasteiger partial charge in [0, 0.05) is 0 Å². The van der Waals surface area contributed by atoms with Crippen LogP contribution < -0.4 is 0 Å². The molecule has 5 atom stereocenters. The number of rotatable bonds is 3. The quantitative estimate of drug-likeness (QED) is 0.381. The Morgan fingerprint density at radius 2 is 1.65 bits per heavy atom. The van der Waals surface area contributed by atoms with Gasteiger partial charge in [0.1, 0.15) is 24.4 Å². The van der Waals surface area contributed by atoms with Crippen molar-refractivity contribution in [2.75, 3.05) is 0 Å². The maximum Gasteiger partial charge on any atom is 0.472 e. The van der Waals surface area contributed by atoms with E-state index >= 15 is 0 Å². The second-order valence-electron chi connectivity index (χ2n) is 3.37. The molecule has 1 aliphatic heterocycles. The first-order valence-corrected chi connectivity index (χ1v) is 5.88. The minimum Gasteiger partial charge on any atom is -0.387 e. The van der Waals surface area contributed by atoms with Gasteiger partial charge >= 0.3 is 7.82 Å². The van der Waals surface area contributed by atoms with E-state index in [9.17, 15) is 23.6 Å². The summed E-state index contributed by atoms with van der Waals surface area (Å²) < 4.78 is 43.3. The van der Waals surface area contributed by atoms with Gasteiger partial charge in [0.15, 0.2) is 6.29 Å². The molecule has 0 spiro atoms. The number of halogens is 2. The normalized spacial score (nSPS) is 39.6. The first kappa shape index (κ1) is 14.9. The van der Waals surface area contributed by atoms with Crippen LogP contribution in [0, 0.1) is 0 Å². The number of alkyl halides is 2. The zero-order chi connectivity index (χ0) is 13.4. The SMILES string of the molecule is O=P(O)(O)O[C@H]1OC(C(F)F)[C@@H](O)C(O)C1O. The van der Waals surface area contributed by atoms with Gasteiger partial charge in [-0.1, -0.05) is 0 Å². The number of hydrogen-bond acceptors (Lipinski definition) is 6. The third-order valence-electron chi connectivity index (χ3n) is 2.10. The summed E-state index contributed by atoms with van der Waals surface area (Å²) in [6, 6.07) is 0. The summed E-state index contributed by atoms with van der Waals surface area (Å²) in [6.45, 7) is 0. The molecule has 102 valence electrons. The first-order chi connectivity index (χ1) is 7.63. The highest BCUT2D eigenvalue weighted by Crippen LogP contribution is 2.41. The molecule has 17 heavy (non-hydrogen) atoms. The molecule has 0 aliphatic carbocycles. The summed E-state index contributed by atoms with van der Waals surface area (Å²) in [4.78, 5) is 16.9. The number of hydrogen-bond donors (Lipinski definition) is 5. The van der Waals surface area contributed by atoms with E-state index in [-0.39, 0.29) is 0 Å². The predicted molar refractivity (Wildman–Crippen MR) is 45.8 cm³/mol. The fraction of sp³-hybridized carbons (Fsp3) is 1.00. The lowest BCUT2D eigenvalue weighted by Crippen LogP contribution is -2.59. The summed E-state index contributed by atoms with van der Waals surface area (Å²) >= 11 is 0. The molecule has 0 bridgehead atoms. The van der Waals surface area contributed by atoms with Crippen LogP contribution in [0.25, 0.3) is 0 Å². The van der Waals surface area contributed by atoms with E-state index < -0.39 is 45.0 Å². The molecule has 1 heterocycles. The van der Waals surface area contributed by atoms with Crippen LogP contribution in [-0.4, -0.2) is 62.2 Å². The molecule has 0 radical (unpaired) electrons. The molecule has 0 aromatic carbocycles. The van der Waals surface area contributed by atoms with E-state index in [0.29, 0.717) is 0 Å². The van der Waals surface area contributed by atoms with Gasteiger partial charge in [0.25, 0.3) is 6.43 Å². The van der Waals surface area contributed by atoms with E-state index in [0.717, 1.165) is 0 Å². The molecule has 0 aromatic rings. The molecule has 8 nitrogen and oxygen atoms in total. The van der Waals surface area contributed by atoms with E-state index in [2.05, 4.69) is 9.26 Å². The molecular weight excluding hydrogens is 269 g/mol. The van der Waals surface area contributed by atoms with E-state index in [1.165, 1.54) is 0 Å². The Morgan fingerprint density at radius 1 is 1.12 bits per heavy atom. The standard InChI is InChI=1S/C6H11F2O8P/c7-5(8)4-2(10)1(9)3(11)6(15-4)16-17(12,13)14/h1-6,9-11H,(H2,12,13,14)/t1?,2-,3?,4?,6+/m0/s1. The number of phosphoric ester groups is 1. The lowest BCUT2D eigenvalue weighted by molar-refractivity contribution is -0.295. The van der Waals surface area contributed by atoms with Gasteiger partial charge in [-0.25, -0.2) is 13.3 Å². The Kier molecular flexibility index (Phi) is 4.55. The topological polar surface area (TPSA) is 137 Å². The maximum atomic E-state index is 12.4. The second kappa shape index (κ2) is 5.21. The van der Waals surface area contributed by atoms with Gasteiger partial charge in [-0.15, -0.1) is 0 Å². The van der Waals surface area contributed by atoms with Crippen molar-refractivity contribution < 1.29 is 47.7 Å². The lowest BCUT2D eigenvalue weighted by Gasteiger charge is -2.39. The predicted octanol–water partition coefficient (Wildman–Crippen LogP) is -1.83. The van der Waals surface area contributed by atoms with Crippen LogP contribution in [0.2, 0.25) is 0 Å². The fourth-order valence-corrected chi connectivity index (χ4v) is 1.75. The van der Waals surface area contributed by atoms with Crippen LogP contribution in [-0.2, 0) is 13.8 Å². The molecule has 0 amide bonds. The Labute approximate surface area is 93.6 Å². The van der Waals surface area contributed by atoms with Gasteiger partial charge < -0.3 is 29.8 Å². The van der Waals surface area contributed by atoms with Crippen LogP contribution in [0.1, 0.15) is 0 Å². The third-order valence-corrected chi connectivity index (χ3v) is 2.58. The number of ether oxygens (including phenoxy) is 1. The molecule has 1 fully saturated rings. The Bertz CT molecular complexity index is 308. The van der Waals surface area contributed by atoms with Gasteiger partial charge in [-0.3, -0.25) is 4.52 Å². The molecule has 5 N–H and O–H groups in total. The first-order valence-electron chi connectivity index (χ1n) is 4.35. The van der Waals surface area contributed by atoms with Crippen LogP contribution in [0.15, 0.2) is 0 Å². The maximum absolute atomic E-state index is 12.4. The van der Waals surface area contributed by atoms with E-state index in [1.807, 2.05) is 0 Å². The van der Waals surface area contributed by atoms with Crippen molar-refractivity contribution in [3.63, 3.8) is 0 Å². The van der Waals surface area contributed by atoms with Crippen molar-refractivity contribution in [3.05, 3.63) is 0 Å². The fourth-order valence-electron chi connectivity index (χ4n) is 1.30. The van der Waals surface area contributed by atoms with Crippen molar-refractivity contribution in [2.45, 2.75) is 37.1 Å². The van der Waals surface area contributed by atoms with Gasteiger partial charge in [0.05, 0.1) is 0 Å². The van der Waals surface area contributed by atoms with Crippen LogP contribution in [0.5, 0.6) is 0 Å². The largest absolute Gasteiger partial charge is 0.472 e. The Balaban J connectivity index is 2.82. The number of phosphoric acid groups is 1. The third kappa shape index (κ3) is 3.63. The van der Waals surface area contributed by atoms with Crippen molar-refractivity contribution in [1.82, 2.24) is 0 Å². The highest BCUT2D eigenvalue weighted by Gasteiger charge is 2.49. The minimum absolute atomic E-state index is 2.06. The molecular formula is C6H11F2O8P. The molecule has 3 unspecified atom stereocenters. The zero-order valence-corrected chi connectivity index (χ0v) is 9.02. The summed E-state index contributed by atoms with van der Waals surface area (Å²) in [5.74, 6) is 0. The molecule has 1 aliphatic rings. The number of aliphatic hydroxyl groups excluding tert-OH is 3. The molecule has 1 rings (SSSR count). The average Bonchev–Trinajstić information content (AvgIpc) is 2.16. The summed E-state index contributed by atoms with van der Waals surface area (Å²) in [5.41, 5.74) is 0. The Hall–Kier alpha value is -0.190. The van der Waals surface area contributed by atoms with E-state index in [4.69, 9.17) is 14.9 Å². The van der Waals surface area contributed by atoms with E-state index in [1.54, 1.807) is 0 Å². The van der Waals surface area contributed by atoms with Crippen molar-refractivity contribution >= 4 is 7.82 Å². The van der Waals surface area contributed by atoms with Crippen molar-refractivity contribution in [3.8, 4) is 0 Å². The van der Waals surface area contributed by atoms with Gasteiger partial charge in [0.2, 0.25) is 0 Å². The monoisotopic (exact) mass is 280 g/mol. The zero-order valence-electron chi connectivity index (χ0n) is 8.13. The summed E-state index contributed by atoms with van der Waals surface area (Å²) in [7, 11) is -5.10. The Morgan fingerprint density at radius 3 is 2.06 bits per heavy atom. The highest BCUT2D eigenvalue weighted by molar-refractivity contribution is 7.46. The van der Waals surface area contributed by atoms with Crippen LogP contribution >= 0.6 is 7.82 Å². The second-order valence-corrected chi connectivity index (χ2v) is 4.56. The van der Waals surface area contributed by atoms with Gasteiger partial charge in [-0.05, 0) is 0 Å². The average molecular weight is 280 g/mol. The summed E-state index contributed by atoms with van der Waals surface area (Å²) in [5, 5.41) is 27.5. The number of aliphatic hydroxyl groups is 3. The van der Waals surface area contributed by atoms with Crippen LogP contribution in [0.4, 0.5) is 8.78 Å². The van der Waals surface area contributed by atoms with Crippen molar-refractivity contribution in [2.24, 2.45) is 0 Å². The molecule has 0 saturated carbocycles. The van der Waals surface area contributed by atoms with Crippen molar-refractivity contribution in [1.29, 1.82) is 0 Å². The molecule has 1 saturated heterocycles. The summed E-state index contributed by atoms with van der Waals surface area (Å²) in [6.07, 6.45) is -13.8. The van der Waals surface area contributed by atoms with Gasteiger partial charge in [-0.2, -0.15) is 0 Å².